The molecule has 4 heteroatoms. The fraction of sp³-hybridized carbons (Fsp3) is 0.176. The van der Waals surface area contributed by atoms with Crippen LogP contribution in [0.25, 0.3) is 11.1 Å². The minimum atomic E-state index is -0.835. The Bertz CT molecular complexity index is 658. The average Bonchev–Trinajstić information content (AvgIpc) is 2.46. The van der Waals surface area contributed by atoms with Gasteiger partial charge in [-0.3, -0.25) is 9.59 Å². The van der Waals surface area contributed by atoms with E-state index in [1.165, 1.54) is 0 Å². The van der Waals surface area contributed by atoms with E-state index in [4.69, 9.17) is 5.11 Å². The Balaban J connectivity index is 1.70. The number of carbonyl (C=O) groups is 2. The van der Waals surface area contributed by atoms with E-state index in [1.54, 1.807) is 17.0 Å². The number of carbonyl (C=O) groups excluding carboxylic acids is 1. The second-order valence-corrected chi connectivity index (χ2v) is 5.19. The fourth-order valence-corrected chi connectivity index (χ4v) is 2.42. The van der Waals surface area contributed by atoms with Gasteiger partial charge in [0, 0.05) is 18.7 Å². The Kier molecular flexibility index (Phi) is 3.44. The van der Waals surface area contributed by atoms with Crippen LogP contribution in [0, 0.1) is 5.92 Å². The Hall–Kier alpha value is -2.62. The highest BCUT2D eigenvalue weighted by molar-refractivity contribution is 5.96. The van der Waals surface area contributed by atoms with Crippen molar-refractivity contribution in [2.24, 2.45) is 5.92 Å². The van der Waals surface area contributed by atoms with Crippen LogP contribution in [0.1, 0.15) is 10.4 Å². The predicted molar refractivity (Wildman–Crippen MR) is 78.9 cm³/mol. The standard InChI is InChI=1S/C17H15NO3/c19-16(18-10-15(11-18)17(20)21)14-8-6-13(7-9-14)12-4-2-1-3-5-12/h1-9,15H,10-11H2,(H,20,21). The first-order valence-corrected chi connectivity index (χ1v) is 6.83. The Morgan fingerprint density at radius 2 is 1.48 bits per heavy atom. The molecular weight excluding hydrogens is 266 g/mol. The summed E-state index contributed by atoms with van der Waals surface area (Å²) in [5.41, 5.74) is 2.75. The molecule has 1 aliphatic rings. The minimum Gasteiger partial charge on any atom is -0.481 e. The molecular formula is C17H15NO3. The largest absolute Gasteiger partial charge is 0.481 e. The summed E-state index contributed by atoms with van der Waals surface area (Å²) in [7, 11) is 0. The zero-order valence-corrected chi connectivity index (χ0v) is 11.4. The van der Waals surface area contributed by atoms with Crippen molar-refractivity contribution in [1.29, 1.82) is 0 Å². The number of aliphatic carboxylic acids is 1. The Labute approximate surface area is 122 Å². The number of hydrogen-bond acceptors (Lipinski definition) is 2. The van der Waals surface area contributed by atoms with Gasteiger partial charge in [0.05, 0.1) is 5.92 Å². The molecule has 1 amide bonds. The summed E-state index contributed by atoms with van der Waals surface area (Å²) in [6.45, 7) is 0.600. The summed E-state index contributed by atoms with van der Waals surface area (Å²) in [6, 6.07) is 17.4. The van der Waals surface area contributed by atoms with Crippen LogP contribution in [0.2, 0.25) is 0 Å². The van der Waals surface area contributed by atoms with Crippen molar-refractivity contribution < 1.29 is 14.7 Å². The van der Waals surface area contributed by atoms with Gasteiger partial charge in [-0.05, 0) is 23.3 Å². The number of amides is 1. The molecule has 21 heavy (non-hydrogen) atoms. The predicted octanol–water partition coefficient (Wildman–Crippen LogP) is 2.51. The number of nitrogens with zero attached hydrogens (tertiary/aromatic N) is 1. The first-order chi connectivity index (χ1) is 10.1. The van der Waals surface area contributed by atoms with E-state index >= 15 is 0 Å². The first-order valence-electron chi connectivity index (χ1n) is 6.83. The molecule has 3 rings (SSSR count). The summed E-state index contributed by atoms with van der Waals surface area (Å²) >= 11 is 0. The van der Waals surface area contributed by atoms with Crippen molar-refractivity contribution in [2.75, 3.05) is 13.1 Å². The quantitative estimate of drug-likeness (QED) is 0.940. The van der Waals surface area contributed by atoms with Crippen LogP contribution in [0.15, 0.2) is 54.6 Å². The van der Waals surface area contributed by atoms with Gasteiger partial charge in [-0.15, -0.1) is 0 Å². The van der Waals surface area contributed by atoms with Crippen LogP contribution in [0.3, 0.4) is 0 Å². The van der Waals surface area contributed by atoms with Gasteiger partial charge in [0.1, 0.15) is 0 Å². The number of hydrogen-bond donors (Lipinski definition) is 1. The lowest BCUT2D eigenvalue weighted by Gasteiger charge is -2.36. The number of carboxylic acid groups (broad SMARTS) is 1. The molecule has 0 unspecified atom stereocenters. The highest BCUT2D eigenvalue weighted by Crippen LogP contribution is 2.22. The smallest absolute Gasteiger partial charge is 0.310 e. The lowest BCUT2D eigenvalue weighted by atomic mass is 9.98. The molecule has 0 aliphatic carbocycles. The van der Waals surface area contributed by atoms with Crippen LogP contribution in [0.4, 0.5) is 0 Å². The number of likely N-dealkylation sites (tertiary alicyclic amines) is 1. The maximum absolute atomic E-state index is 12.2. The molecule has 1 N–H and O–H groups in total. The summed E-state index contributed by atoms with van der Waals surface area (Å²) in [5, 5.41) is 8.83. The van der Waals surface area contributed by atoms with Crippen LogP contribution < -0.4 is 0 Å². The van der Waals surface area contributed by atoms with E-state index in [0.29, 0.717) is 18.7 Å². The van der Waals surface area contributed by atoms with Crippen molar-refractivity contribution in [3.63, 3.8) is 0 Å². The highest BCUT2D eigenvalue weighted by atomic mass is 16.4. The molecule has 4 nitrogen and oxygen atoms in total. The van der Waals surface area contributed by atoms with Gasteiger partial charge in [-0.2, -0.15) is 0 Å². The lowest BCUT2D eigenvalue weighted by Crippen LogP contribution is -2.53. The van der Waals surface area contributed by atoms with Crippen molar-refractivity contribution in [2.45, 2.75) is 0 Å². The first kappa shape index (κ1) is 13.4. The summed E-state index contributed by atoms with van der Waals surface area (Å²) in [6.07, 6.45) is 0. The average molecular weight is 281 g/mol. The third kappa shape index (κ3) is 2.65. The van der Waals surface area contributed by atoms with E-state index in [9.17, 15) is 9.59 Å². The molecule has 1 aliphatic heterocycles. The molecule has 0 aromatic heterocycles. The SMILES string of the molecule is O=C(O)C1CN(C(=O)c2ccc(-c3ccccc3)cc2)C1. The highest BCUT2D eigenvalue weighted by Gasteiger charge is 2.35. The minimum absolute atomic E-state index is 0.105. The number of benzene rings is 2. The van der Waals surface area contributed by atoms with Gasteiger partial charge in [0.25, 0.3) is 5.91 Å². The topological polar surface area (TPSA) is 57.6 Å². The van der Waals surface area contributed by atoms with Crippen LogP contribution >= 0.6 is 0 Å². The fourth-order valence-electron chi connectivity index (χ4n) is 2.42. The summed E-state index contributed by atoms with van der Waals surface area (Å²) in [4.78, 5) is 24.5. The molecule has 0 spiro atoms. The molecule has 0 atom stereocenters. The normalized spacial score (nSPS) is 14.6. The van der Waals surface area contributed by atoms with Gasteiger partial charge in [-0.1, -0.05) is 42.5 Å². The van der Waals surface area contributed by atoms with Crippen molar-refractivity contribution >= 4 is 11.9 Å². The van der Waals surface area contributed by atoms with Gasteiger partial charge < -0.3 is 10.0 Å². The van der Waals surface area contributed by atoms with Crippen molar-refractivity contribution in [1.82, 2.24) is 4.90 Å². The Morgan fingerprint density at radius 3 is 2.05 bits per heavy atom. The van der Waals surface area contributed by atoms with Gasteiger partial charge >= 0.3 is 5.97 Å². The number of carboxylic acids is 1. The molecule has 1 fully saturated rings. The summed E-state index contributed by atoms with van der Waals surface area (Å²) < 4.78 is 0. The maximum atomic E-state index is 12.2. The molecule has 2 aromatic carbocycles. The van der Waals surface area contributed by atoms with Crippen molar-refractivity contribution in [3.8, 4) is 11.1 Å². The third-order valence-corrected chi connectivity index (χ3v) is 3.76. The van der Waals surface area contributed by atoms with Gasteiger partial charge in [0.2, 0.25) is 0 Å². The second-order valence-electron chi connectivity index (χ2n) is 5.19. The van der Waals surface area contributed by atoms with E-state index in [0.717, 1.165) is 11.1 Å². The zero-order valence-electron chi connectivity index (χ0n) is 11.4. The van der Waals surface area contributed by atoms with Crippen molar-refractivity contribution in [3.05, 3.63) is 60.2 Å². The molecule has 1 saturated heterocycles. The summed E-state index contributed by atoms with van der Waals surface area (Å²) in [5.74, 6) is -1.36. The van der Waals surface area contributed by atoms with Crippen LogP contribution in [-0.2, 0) is 4.79 Å². The molecule has 1 heterocycles. The van der Waals surface area contributed by atoms with Gasteiger partial charge in [-0.25, -0.2) is 0 Å². The van der Waals surface area contributed by atoms with E-state index in [1.807, 2.05) is 42.5 Å². The monoisotopic (exact) mass is 281 g/mol. The zero-order chi connectivity index (χ0) is 14.8. The molecule has 2 aromatic rings. The molecule has 0 radical (unpaired) electrons. The van der Waals surface area contributed by atoms with Crippen LogP contribution in [-0.4, -0.2) is 35.0 Å². The second kappa shape index (κ2) is 5.40. The van der Waals surface area contributed by atoms with E-state index in [-0.39, 0.29) is 5.91 Å². The van der Waals surface area contributed by atoms with Crippen LogP contribution in [0.5, 0.6) is 0 Å². The maximum Gasteiger partial charge on any atom is 0.310 e. The Morgan fingerprint density at radius 1 is 0.905 bits per heavy atom. The molecule has 0 bridgehead atoms. The molecule has 0 saturated carbocycles. The third-order valence-electron chi connectivity index (χ3n) is 3.76. The molecule has 106 valence electrons. The van der Waals surface area contributed by atoms with Gasteiger partial charge in [0.15, 0.2) is 0 Å². The number of rotatable bonds is 3. The van der Waals surface area contributed by atoms with E-state index < -0.39 is 11.9 Å². The van der Waals surface area contributed by atoms with E-state index in [2.05, 4.69) is 0 Å². The lowest BCUT2D eigenvalue weighted by molar-refractivity contribution is -0.146.